The zero-order valence-corrected chi connectivity index (χ0v) is 15.2. The van der Waals surface area contributed by atoms with Gasteiger partial charge in [0, 0.05) is 6.07 Å². The first kappa shape index (κ1) is 20.1. The van der Waals surface area contributed by atoms with Crippen LogP contribution in [0.2, 0.25) is 0 Å². The van der Waals surface area contributed by atoms with Crippen molar-refractivity contribution in [2.24, 2.45) is 5.92 Å². The molecule has 9 heteroatoms. The molecule has 1 heterocycles. The van der Waals surface area contributed by atoms with Gasteiger partial charge in [-0.2, -0.15) is 0 Å². The van der Waals surface area contributed by atoms with Crippen molar-refractivity contribution in [3.8, 4) is 0 Å². The molecule has 1 rings (SSSR count). The molecule has 1 N–H and O–H groups in total. The third kappa shape index (κ3) is 7.12. The summed E-state index contributed by atoms with van der Waals surface area (Å²) in [5.41, 5.74) is 0. The van der Waals surface area contributed by atoms with Crippen LogP contribution >= 0.6 is 0 Å². The van der Waals surface area contributed by atoms with E-state index in [4.69, 9.17) is 9.26 Å². The van der Waals surface area contributed by atoms with E-state index in [2.05, 4.69) is 10.5 Å². The maximum atomic E-state index is 12.0. The van der Waals surface area contributed by atoms with Crippen LogP contribution in [0.3, 0.4) is 0 Å². The van der Waals surface area contributed by atoms with Crippen LogP contribution in [-0.2, 0) is 24.2 Å². The summed E-state index contributed by atoms with van der Waals surface area (Å²) in [6.45, 7) is 6.94. The minimum Gasteiger partial charge on any atom is -0.452 e. The SMILES string of the molecule is CC[C@H](OC(=O)CCS(=O)(=O)CC(C)C)C(=O)Nc1cc(C)on1. The van der Waals surface area contributed by atoms with Gasteiger partial charge in [-0.15, -0.1) is 0 Å². The van der Waals surface area contributed by atoms with E-state index in [0.717, 1.165) is 0 Å². The average molecular weight is 360 g/mol. The second-order valence-corrected chi connectivity index (χ2v) is 8.19. The van der Waals surface area contributed by atoms with Crippen LogP contribution in [0.5, 0.6) is 0 Å². The van der Waals surface area contributed by atoms with E-state index in [1.165, 1.54) is 6.07 Å². The van der Waals surface area contributed by atoms with E-state index in [1.807, 2.05) is 0 Å². The molecule has 0 saturated carbocycles. The summed E-state index contributed by atoms with van der Waals surface area (Å²) in [7, 11) is -3.31. The van der Waals surface area contributed by atoms with Gasteiger partial charge in [0.05, 0.1) is 17.9 Å². The quantitative estimate of drug-likeness (QED) is 0.666. The predicted octanol–water partition coefficient (Wildman–Crippen LogP) is 1.70. The summed E-state index contributed by atoms with van der Waals surface area (Å²) >= 11 is 0. The number of nitrogens with zero attached hydrogens (tertiary/aromatic N) is 1. The summed E-state index contributed by atoms with van der Waals surface area (Å²) in [4.78, 5) is 23.9. The highest BCUT2D eigenvalue weighted by molar-refractivity contribution is 7.91. The van der Waals surface area contributed by atoms with Gasteiger partial charge in [-0.05, 0) is 19.3 Å². The molecule has 1 atom stereocenters. The average Bonchev–Trinajstić information content (AvgIpc) is 2.86. The number of ether oxygens (including phenoxy) is 1. The fourth-order valence-corrected chi connectivity index (χ4v) is 3.66. The fraction of sp³-hybridized carbons (Fsp3) is 0.667. The number of amides is 1. The van der Waals surface area contributed by atoms with Crippen molar-refractivity contribution in [3.05, 3.63) is 11.8 Å². The van der Waals surface area contributed by atoms with E-state index in [0.29, 0.717) is 5.76 Å². The molecular formula is C15H24N2O6S. The molecule has 24 heavy (non-hydrogen) atoms. The number of carbonyl (C=O) groups excluding carboxylic acids is 2. The molecule has 1 amide bonds. The number of aromatic nitrogens is 1. The Kier molecular flexibility index (Phi) is 7.40. The molecule has 0 unspecified atom stereocenters. The minimum atomic E-state index is -3.31. The van der Waals surface area contributed by atoms with Crippen molar-refractivity contribution < 1.29 is 27.3 Å². The maximum Gasteiger partial charge on any atom is 0.307 e. The molecule has 0 fully saturated rings. The number of esters is 1. The van der Waals surface area contributed by atoms with Gasteiger partial charge < -0.3 is 14.6 Å². The third-order valence-electron chi connectivity index (χ3n) is 3.02. The number of anilines is 1. The van der Waals surface area contributed by atoms with E-state index < -0.39 is 27.8 Å². The maximum absolute atomic E-state index is 12.0. The van der Waals surface area contributed by atoms with E-state index in [-0.39, 0.29) is 36.1 Å². The highest BCUT2D eigenvalue weighted by Gasteiger charge is 2.23. The zero-order valence-electron chi connectivity index (χ0n) is 14.4. The first-order valence-electron chi connectivity index (χ1n) is 7.77. The molecule has 0 radical (unpaired) electrons. The van der Waals surface area contributed by atoms with Gasteiger partial charge in [0.15, 0.2) is 21.8 Å². The topological polar surface area (TPSA) is 116 Å². The summed E-state index contributed by atoms with van der Waals surface area (Å²) in [6.07, 6.45) is -1.03. The van der Waals surface area contributed by atoms with Crippen LogP contribution in [-0.4, -0.2) is 43.1 Å². The van der Waals surface area contributed by atoms with Crippen LogP contribution in [0.4, 0.5) is 5.82 Å². The number of nitrogens with one attached hydrogen (secondary N) is 1. The third-order valence-corrected chi connectivity index (χ3v) is 5.02. The van der Waals surface area contributed by atoms with Gasteiger partial charge in [0.25, 0.3) is 5.91 Å². The molecule has 0 aliphatic heterocycles. The van der Waals surface area contributed by atoms with Crippen LogP contribution in [0.25, 0.3) is 0 Å². The molecule has 1 aromatic rings. The number of carbonyl (C=O) groups is 2. The monoisotopic (exact) mass is 360 g/mol. The standard InChI is InChI=1S/C15H24N2O6S/c1-5-12(15(19)16-13-8-11(4)23-17-13)22-14(18)6-7-24(20,21)9-10(2)3/h8,10,12H,5-7,9H2,1-4H3,(H,16,17,19)/t12-/m0/s1. The number of sulfone groups is 1. The molecular weight excluding hydrogens is 336 g/mol. The lowest BCUT2D eigenvalue weighted by Crippen LogP contribution is -2.32. The van der Waals surface area contributed by atoms with Crippen molar-refractivity contribution in [3.63, 3.8) is 0 Å². The molecule has 0 saturated heterocycles. The Morgan fingerprint density at radius 1 is 1.38 bits per heavy atom. The molecule has 1 aromatic heterocycles. The number of hydrogen-bond donors (Lipinski definition) is 1. The smallest absolute Gasteiger partial charge is 0.307 e. The van der Waals surface area contributed by atoms with Crippen molar-refractivity contribution in [2.75, 3.05) is 16.8 Å². The second kappa shape index (κ2) is 8.81. The minimum absolute atomic E-state index is 0.00824. The summed E-state index contributed by atoms with van der Waals surface area (Å²) < 4.78 is 33.4. The Morgan fingerprint density at radius 3 is 2.54 bits per heavy atom. The Morgan fingerprint density at radius 2 is 2.04 bits per heavy atom. The lowest BCUT2D eigenvalue weighted by Gasteiger charge is -2.15. The fourth-order valence-electron chi connectivity index (χ4n) is 2.00. The Bertz CT molecular complexity index is 665. The van der Waals surface area contributed by atoms with Crippen LogP contribution in [0.1, 0.15) is 39.4 Å². The largest absolute Gasteiger partial charge is 0.452 e. The zero-order chi connectivity index (χ0) is 18.3. The highest BCUT2D eigenvalue weighted by atomic mass is 32.2. The van der Waals surface area contributed by atoms with Crippen molar-refractivity contribution >= 4 is 27.5 Å². The highest BCUT2D eigenvalue weighted by Crippen LogP contribution is 2.10. The molecule has 8 nitrogen and oxygen atoms in total. The van der Waals surface area contributed by atoms with Gasteiger partial charge in [0.2, 0.25) is 0 Å². The number of rotatable bonds is 9. The van der Waals surface area contributed by atoms with E-state index >= 15 is 0 Å². The van der Waals surface area contributed by atoms with Gasteiger partial charge in [-0.1, -0.05) is 25.9 Å². The molecule has 0 aromatic carbocycles. The number of hydrogen-bond acceptors (Lipinski definition) is 7. The molecule has 0 bridgehead atoms. The first-order chi connectivity index (χ1) is 11.1. The van der Waals surface area contributed by atoms with Crippen LogP contribution in [0, 0.1) is 12.8 Å². The Balaban J connectivity index is 2.52. The van der Waals surface area contributed by atoms with E-state index in [9.17, 15) is 18.0 Å². The van der Waals surface area contributed by atoms with Gasteiger partial charge in [0.1, 0.15) is 5.76 Å². The summed E-state index contributed by atoms with van der Waals surface area (Å²) in [5, 5.41) is 6.10. The second-order valence-electron chi connectivity index (χ2n) is 5.96. The summed E-state index contributed by atoms with van der Waals surface area (Å²) in [6, 6.07) is 1.53. The predicted molar refractivity (Wildman–Crippen MR) is 88.1 cm³/mol. The lowest BCUT2D eigenvalue weighted by molar-refractivity contribution is -0.154. The van der Waals surface area contributed by atoms with Crippen molar-refractivity contribution in [2.45, 2.75) is 46.6 Å². The van der Waals surface area contributed by atoms with Crippen LogP contribution in [0.15, 0.2) is 10.6 Å². The Labute approximate surface area is 141 Å². The normalized spacial score (nSPS) is 12.9. The lowest BCUT2D eigenvalue weighted by atomic mass is 10.2. The number of aryl methyl sites for hydroxylation is 1. The van der Waals surface area contributed by atoms with Crippen LogP contribution < -0.4 is 5.32 Å². The molecule has 0 aliphatic rings. The van der Waals surface area contributed by atoms with Crippen molar-refractivity contribution in [1.82, 2.24) is 5.16 Å². The first-order valence-corrected chi connectivity index (χ1v) is 9.59. The molecule has 136 valence electrons. The Hall–Kier alpha value is -1.90. The molecule has 0 spiro atoms. The van der Waals surface area contributed by atoms with Crippen molar-refractivity contribution in [1.29, 1.82) is 0 Å². The summed E-state index contributed by atoms with van der Waals surface area (Å²) in [5.74, 6) is -0.776. The van der Waals surface area contributed by atoms with Gasteiger partial charge in [-0.25, -0.2) is 8.42 Å². The molecule has 0 aliphatic carbocycles. The van der Waals surface area contributed by atoms with E-state index in [1.54, 1.807) is 27.7 Å². The van der Waals surface area contributed by atoms with Gasteiger partial charge >= 0.3 is 5.97 Å². The van der Waals surface area contributed by atoms with Gasteiger partial charge in [-0.3, -0.25) is 9.59 Å².